The summed E-state index contributed by atoms with van der Waals surface area (Å²) in [6, 6.07) is 10.2. The van der Waals surface area contributed by atoms with E-state index in [0.717, 1.165) is 12.1 Å². The quantitative estimate of drug-likeness (QED) is 0.665. The molecule has 0 radical (unpaired) electrons. The standard InChI is InChI=1S/C18H16F3N3O4/c19-18(20,21)13-3-1-2-4-14(13)28-10-16(26)24-12-7-5-11(6-8-12)17(27)23-9-15(22)25/h1-8H,9-10H2,(H2,22,25)(H,23,27)(H,24,26). The molecule has 0 bridgehead atoms. The molecule has 0 aliphatic rings. The maximum Gasteiger partial charge on any atom is 0.419 e. The lowest BCUT2D eigenvalue weighted by molar-refractivity contribution is -0.139. The van der Waals surface area contributed by atoms with Crippen molar-refractivity contribution < 1.29 is 32.3 Å². The van der Waals surface area contributed by atoms with Gasteiger partial charge in [0.2, 0.25) is 5.91 Å². The molecule has 2 rings (SSSR count). The fraction of sp³-hybridized carbons (Fsp3) is 0.167. The van der Waals surface area contributed by atoms with E-state index in [1.54, 1.807) is 0 Å². The van der Waals surface area contributed by atoms with Crippen LogP contribution in [0.1, 0.15) is 15.9 Å². The van der Waals surface area contributed by atoms with Gasteiger partial charge in [-0.15, -0.1) is 0 Å². The van der Waals surface area contributed by atoms with E-state index in [-0.39, 0.29) is 12.1 Å². The van der Waals surface area contributed by atoms with E-state index >= 15 is 0 Å². The predicted octanol–water partition coefficient (Wildman–Crippen LogP) is 1.94. The first-order valence-electron chi connectivity index (χ1n) is 7.92. The van der Waals surface area contributed by atoms with Gasteiger partial charge in [0.1, 0.15) is 5.75 Å². The summed E-state index contributed by atoms with van der Waals surface area (Å²) in [5, 5.41) is 4.74. The minimum Gasteiger partial charge on any atom is -0.483 e. The first-order chi connectivity index (χ1) is 13.2. The van der Waals surface area contributed by atoms with Gasteiger partial charge in [0.25, 0.3) is 11.8 Å². The van der Waals surface area contributed by atoms with Crippen LogP contribution in [-0.4, -0.2) is 30.9 Å². The molecule has 0 fully saturated rings. The van der Waals surface area contributed by atoms with E-state index in [2.05, 4.69) is 10.6 Å². The lowest BCUT2D eigenvalue weighted by Gasteiger charge is -2.13. The molecule has 0 unspecified atom stereocenters. The van der Waals surface area contributed by atoms with Gasteiger partial charge in [0, 0.05) is 11.3 Å². The van der Waals surface area contributed by atoms with Gasteiger partial charge in [-0.05, 0) is 36.4 Å². The molecule has 148 valence electrons. The number of nitrogens with two attached hydrogens (primary N) is 1. The molecule has 0 aromatic heterocycles. The van der Waals surface area contributed by atoms with Crippen molar-refractivity contribution in [1.82, 2.24) is 5.32 Å². The van der Waals surface area contributed by atoms with E-state index in [1.165, 1.54) is 36.4 Å². The van der Waals surface area contributed by atoms with Gasteiger partial charge in [-0.3, -0.25) is 14.4 Å². The van der Waals surface area contributed by atoms with Gasteiger partial charge >= 0.3 is 6.18 Å². The highest BCUT2D eigenvalue weighted by Crippen LogP contribution is 2.35. The maximum atomic E-state index is 12.9. The van der Waals surface area contributed by atoms with Crippen LogP contribution in [0.15, 0.2) is 48.5 Å². The number of nitrogens with one attached hydrogen (secondary N) is 2. The Bertz CT molecular complexity index is 867. The number of primary amides is 1. The summed E-state index contributed by atoms with van der Waals surface area (Å²) >= 11 is 0. The molecule has 0 saturated heterocycles. The highest BCUT2D eigenvalue weighted by molar-refractivity contribution is 5.97. The van der Waals surface area contributed by atoms with Gasteiger partial charge in [-0.2, -0.15) is 13.2 Å². The van der Waals surface area contributed by atoms with Gasteiger partial charge in [0.05, 0.1) is 12.1 Å². The van der Waals surface area contributed by atoms with E-state index in [0.29, 0.717) is 5.69 Å². The summed E-state index contributed by atoms with van der Waals surface area (Å²) < 4.78 is 43.6. The first-order valence-corrected chi connectivity index (χ1v) is 7.92. The van der Waals surface area contributed by atoms with Crippen molar-refractivity contribution in [3.05, 3.63) is 59.7 Å². The molecule has 0 aliphatic carbocycles. The molecule has 0 heterocycles. The number of rotatable bonds is 7. The Morgan fingerprint density at radius 1 is 1.00 bits per heavy atom. The Hall–Kier alpha value is -3.56. The highest BCUT2D eigenvalue weighted by Gasteiger charge is 2.34. The fourth-order valence-corrected chi connectivity index (χ4v) is 2.14. The van der Waals surface area contributed by atoms with Gasteiger partial charge in [-0.1, -0.05) is 12.1 Å². The number of carbonyl (C=O) groups excluding carboxylic acids is 3. The van der Waals surface area contributed by atoms with Crippen LogP contribution in [0.2, 0.25) is 0 Å². The normalized spacial score (nSPS) is 10.8. The Morgan fingerprint density at radius 2 is 1.64 bits per heavy atom. The number of ether oxygens (including phenoxy) is 1. The number of amides is 3. The summed E-state index contributed by atoms with van der Waals surface area (Å²) in [5.41, 5.74) is 4.49. The second-order valence-corrected chi connectivity index (χ2v) is 5.56. The third-order valence-corrected chi connectivity index (χ3v) is 3.41. The number of alkyl halides is 3. The molecule has 28 heavy (non-hydrogen) atoms. The van der Waals surface area contributed by atoms with E-state index in [4.69, 9.17) is 10.5 Å². The summed E-state index contributed by atoms with van der Waals surface area (Å²) in [6.45, 7) is -0.942. The molecule has 3 amide bonds. The van der Waals surface area contributed by atoms with Crippen molar-refractivity contribution in [1.29, 1.82) is 0 Å². The molecular weight excluding hydrogens is 379 g/mol. The lowest BCUT2D eigenvalue weighted by atomic mass is 10.2. The van der Waals surface area contributed by atoms with Crippen molar-refractivity contribution in [2.75, 3.05) is 18.5 Å². The lowest BCUT2D eigenvalue weighted by Crippen LogP contribution is -2.33. The topological polar surface area (TPSA) is 111 Å². The average Bonchev–Trinajstić information content (AvgIpc) is 2.64. The van der Waals surface area contributed by atoms with Gasteiger partial charge in [0.15, 0.2) is 6.61 Å². The molecule has 0 spiro atoms. The second kappa shape index (κ2) is 8.89. The zero-order valence-corrected chi connectivity index (χ0v) is 14.4. The summed E-state index contributed by atoms with van der Waals surface area (Å²) in [5.74, 6) is -2.34. The zero-order chi connectivity index (χ0) is 20.7. The molecule has 10 heteroatoms. The Morgan fingerprint density at radius 3 is 2.25 bits per heavy atom. The van der Waals surface area contributed by atoms with E-state index < -0.39 is 41.8 Å². The summed E-state index contributed by atoms with van der Waals surface area (Å²) in [6.07, 6.45) is -4.60. The Kier molecular flexibility index (Phi) is 6.59. The van der Waals surface area contributed by atoms with Crippen LogP contribution in [0.25, 0.3) is 0 Å². The third-order valence-electron chi connectivity index (χ3n) is 3.41. The van der Waals surface area contributed by atoms with Crippen molar-refractivity contribution in [2.45, 2.75) is 6.18 Å². The molecule has 0 atom stereocenters. The molecule has 2 aromatic rings. The SMILES string of the molecule is NC(=O)CNC(=O)c1ccc(NC(=O)COc2ccccc2C(F)(F)F)cc1. The summed E-state index contributed by atoms with van der Waals surface area (Å²) in [4.78, 5) is 34.3. The van der Waals surface area contributed by atoms with Crippen molar-refractivity contribution in [3.63, 3.8) is 0 Å². The molecule has 0 saturated carbocycles. The zero-order valence-electron chi connectivity index (χ0n) is 14.4. The van der Waals surface area contributed by atoms with Crippen molar-refractivity contribution >= 4 is 23.4 Å². The number of para-hydroxylation sites is 1. The van der Waals surface area contributed by atoms with Crippen LogP contribution in [0.5, 0.6) is 5.75 Å². The molecule has 4 N–H and O–H groups in total. The predicted molar refractivity (Wildman–Crippen MR) is 93.5 cm³/mol. The molecule has 0 aliphatic heterocycles. The van der Waals surface area contributed by atoms with Crippen LogP contribution in [0.3, 0.4) is 0 Å². The number of benzene rings is 2. The van der Waals surface area contributed by atoms with E-state index in [9.17, 15) is 27.6 Å². The van der Waals surface area contributed by atoms with Crippen molar-refractivity contribution in [2.24, 2.45) is 5.73 Å². The Labute approximate surface area is 157 Å². The van der Waals surface area contributed by atoms with Crippen LogP contribution in [0.4, 0.5) is 18.9 Å². The maximum absolute atomic E-state index is 12.9. The van der Waals surface area contributed by atoms with Gasteiger partial charge in [-0.25, -0.2) is 0 Å². The molecular formula is C18H16F3N3O4. The third kappa shape index (κ3) is 6.01. The first kappa shape index (κ1) is 20.7. The van der Waals surface area contributed by atoms with Gasteiger partial charge < -0.3 is 21.1 Å². The smallest absolute Gasteiger partial charge is 0.419 e. The highest BCUT2D eigenvalue weighted by atomic mass is 19.4. The van der Waals surface area contributed by atoms with Crippen LogP contribution < -0.4 is 21.1 Å². The monoisotopic (exact) mass is 395 g/mol. The molecule has 2 aromatic carbocycles. The van der Waals surface area contributed by atoms with Crippen LogP contribution in [-0.2, 0) is 15.8 Å². The summed E-state index contributed by atoms with van der Waals surface area (Å²) in [7, 11) is 0. The number of carbonyl (C=O) groups is 3. The molecule has 7 nitrogen and oxygen atoms in total. The number of anilines is 1. The van der Waals surface area contributed by atoms with Crippen LogP contribution in [0, 0.1) is 0 Å². The van der Waals surface area contributed by atoms with Crippen molar-refractivity contribution in [3.8, 4) is 5.75 Å². The van der Waals surface area contributed by atoms with Crippen LogP contribution >= 0.6 is 0 Å². The largest absolute Gasteiger partial charge is 0.483 e. The fourth-order valence-electron chi connectivity index (χ4n) is 2.14. The van der Waals surface area contributed by atoms with E-state index in [1.807, 2.05) is 0 Å². The number of hydrogen-bond acceptors (Lipinski definition) is 4. The number of halogens is 3. The Balaban J connectivity index is 1.92. The minimum absolute atomic E-state index is 0.231. The average molecular weight is 395 g/mol. The number of hydrogen-bond donors (Lipinski definition) is 3. The second-order valence-electron chi connectivity index (χ2n) is 5.56. The minimum atomic E-state index is -4.60.